The number of carbonyl (C=O) groups is 1. The number of aliphatic hydroxyl groups is 2. The first-order valence-electron chi connectivity index (χ1n) is 21.0. The number of hydrogen-bond acceptors (Lipinski definition) is 7. The minimum atomic E-state index is -4.40. The van der Waals surface area contributed by atoms with Crippen LogP contribution in [0.15, 0.2) is 24.3 Å². The van der Waals surface area contributed by atoms with Crippen LogP contribution >= 0.6 is 7.82 Å². The quantitative estimate of drug-likeness (QED) is 0.0237. The summed E-state index contributed by atoms with van der Waals surface area (Å²) in [6, 6.07) is -0.994. The molecule has 0 saturated heterocycles. The Morgan fingerprint density at radius 2 is 1.12 bits per heavy atom. The zero-order valence-corrected chi connectivity index (χ0v) is 33.9. The second-order valence-electron chi connectivity index (χ2n) is 14.4. The number of aliphatic hydroxyl groups excluding tert-OH is 2. The SMILES string of the molecule is CCCCCCCCCCCC/C=C/CC/C=C/C(O)C(COP(=O)(O)OCCN)NC(=O)CC(O)CCCCCCCCCCCCCCC. The molecule has 0 aliphatic carbocycles. The van der Waals surface area contributed by atoms with Crippen molar-refractivity contribution in [1.29, 1.82) is 0 Å². The van der Waals surface area contributed by atoms with Gasteiger partial charge in [0.15, 0.2) is 0 Å². The second kappa shape index (κ2) is 37.3. The molecule has 0 saturated carbocycles. The number of amides is 1. The van der Waals surface area contributed by atoms with E-state index in [1.54, 1.807) is 6.08 Å². The summed E-state index contributed by atoms with van der Waals surface area (Å²) in [6.45, 7) is 3.95. The molecule has 0 rings (SSSR count). The number of nitrogens with two attached hydrogens (primary N) is 1. The van der Waals surface area contributed by atoms with Crippen LogP contribution in [0.4, 0.5) is 0 Å². The van der Waals surface area contributed by atoms with E-state index in [2.05, 4.69) is 31.3 Å². The van der Waals surface area contributed by atoms with Gasteiger partial charge in [0.05, 0.1) is 37.9 Å². The fourth-order valence-electron chi connectivity index (χ4n) is 6.13. The zero-order chi connectivity index (χ0) is 37.7. The van der Waals surface area contributed by atoms with Crippen molar-refractivity contribution < 1.29 is 33.5 Å². The summed E-state index contributed by atoms with van der Waals surface area (Å²) in [7, 11) is -4.40. The van der Waals surface area contributed by atoms with Crippen molar-refractivity contribution >= 4 is 13.7 Å². The summed E-state index contributed by atoms with van der Waals surface area (Å²) >= 11 is 0. The van der Waals surface area contributed by atoms with E-state index in [0.717, 1.165) is 32.1 Å². The van der Waals surface area contributed by atoms with Crippen molar-refractivity contribution in [2.45, 2.75) is 212 Å². The van der Waals surface area contributed by atoms with Gasteiger partial charge in [-0.05, 0) is 32.1 Å². The molecule has 0 aromatic carbocycles. The molecule has 0 bridgehead atoms. The first-order valence-corrected chi connectivity index (χ1v) is 22.5. The third kappa shape index (κ3) is 35.7. The topological polar surface area (TPSA) is 151 Å². The summed E-state index contributed by atoms with van der Waals surface area (Å²) in [5.74, 6) is -0.455. The van der Waals surface area contributed by atoms with Crippen molar-refractivity contribution in [3.05, 3.63) is 24.3 Å². The summed E-state index contributed by atoms with van der Waals surface area (Å²) in [6.07, 6.45) is 38.3. The molecule has 0 heterocycles. The summed E-state index contributed by atoms with van der Waals surface area (Å²) < 4.78 is 22.0. The van der Waals surface area contributed by atoms with Crippen LogP contribution in [0.3, 0.4) is 0 Å². The van der Waals surface area contributed by atoms with Crippen molar-refractivity contribution in [2.75, 3.05) is 19.8 Å². The predicted octanol–water partition coefficient (Wildman–Crippen LogP) is 10.4. The van der Waals surface area contributed by atoms with Gasteiger partial charge in [0, 0.05) is 6.54 Å². The molecule has 9 nitrogen and oxygen atoms in total. The molecular formula is C41H81N2O7P. The molecule has 1 amide bonds. The summed E-state index contributed by atoms with van der Waals surface area (Å²) in [5.41, 5.74) is 5.35. The number of rotatable bonds is 39. The molecule has 0 aliphatic rings. The lowest BCUT2D eigenvalue weighted by Gasteiger charge is -2.24. The largest absolute Gasteiger partial charge is 0.472 e. The molecule has 0 aliphatic heterocycles. The van der Waals surface area contributed by atoms with Crippen LogP contribution in [0.5, 0.6) is 0 Å². The molecule has 0 aromatic heterocycles. The van der Waals surface area contributed by atoms with Gasteiger partial charge in [-0.15, -0.1) is 0 Å². The predicted molar refractivity (Wildman–Crippen MR) is 214 cm³/mol. The van der Waals surface area contributed by atoms with E-state index in [1.165, 1.54) is 128 Å². The van der Waals surface area contributed by atoms with Crippen molar-refractivity contribution in [3.8, 4) is 0 Å². The van der Waals surface area contributed by atoms with Crippen LogP contribution in [0.25, 0.3) is 0 Å². The van der Waals surface area contributed by atoms with E-state index in [-0.39, 0.29) is 19.6 Å². The second-order valence-corrected chi connectivity index (χ2v) is 15.8. The maximum Gasteiger partial charge on any atom is 0.472 e. The normalized spacial score (nSPS) is 15.0. The number of nitrogens with one attached hydrogen (secondary N) is 1. The Balaban J connectivity index is 4.41. The van der Waals surface area contributed by atoms with Gasteiger partial charge in [-0.2, -0.15) is 0 Å². The Morgan fingerprint density at radius 3 is 1.63 bits per heavy atom. The third-order valence-corrected chi connectivity index (χ3v) is 10.3. The smallest absolute Gasteiger partial charge is 0.393 e. The molecule has 10 heteroatoms. The van der Waals surface area contributed by atoms with Crippen LogP contribution in [0, 0.1) is 0 Å². The molecule has 0 fully saturated rings. The number of allylic oxidation sites excluding steroid dienone is 3. The molecule has 51 heavy (non-hydrogen) atoms. The zero-order valence-electron chi connectivity index (χ0n) is 33.0. The molecule has 6 N–H and O–H groups in total. The average Bonchev–Trinajstić information content (AvgIpc) is 3.10. The molecule has 302 valence electrons. The molecule has 4 atom stereocenters. The highest BCUT2D eigenvalue weighted by Gasteiger charge is 2.27. The minimum Gasteiger partial charge on any atom is -0.393 e. The fourth-order valence-corrected chi connectivity index (χ4v) is 6.89. The van der Waals surface area contributed by atoms with Gasteiger partial charge in [-0.3, -0.25) is 13.8 Å². The Kier molecular flexibility index (Phi) is 36.5. The highest BCUT2D eigenvalue weighted by molar-refractivity contribution is 7.47. The Morgan fingerprint density at radius 1 is 0.667 bits per heavy atom. The minimum absolute atomic E-state index is 0.0459. The number of unbranched alkanes of at least 4 members (excludes halogenated alkanes) is 23. The van der Waals surface area contributed by atoms with Crippen LogP contribution in [0.1, 0.15) is 194 Å². The van der Waals surface area contributed by atoms with Gasteiger partial charge in [0.1, 0.15) is 0 Å². The lowest BCUT2D eigenvalue weighted by molar-refractivity contribution is -0.124. The molecular weight excluding hydrogens is 663 g/mol. The maximum absolute atomic E-state index is 12.8. The Labute approximate surface area is 313 Å². The molecule has 0 radical (unpaired) electrons. The van der Waals surface area contributed by atoms with Gasteiger partial charge in [-0.1, -0.05) is 179 Å². The summed E-state index contributed by atoms with van der Waals surface area (Å²) in [5, 5.41) is 24.0. The molecule has 4 unspecified atom stereocenters. The van der Waals surface area contributed by atoms with Crippen LogP contribution < -0.4 is 11.1 Å². The first kappa shape index (κ1) is 49.9. The van der Waals surface area contributed by atoms with E-state index >= 15 is 0 Å². The fraction of sp³-hybridized carbons (Fsp3) is 0.878. The van der Waals surface area contributed by atoms with Gasteiger partial charge in [-0.25, -0.2) is 4.57 Å². The van der Waals surface area contributed by atoms with Gasteiger partial charge >= 0.3 is 7.82 Å². The van der Waals surface area contributed by atoms with Gasteiger partial charge in [0.25, 0.3) is 0 Å². The van der Waals surface area contributed by atoms with Gasteiger partial charge < -0.3 is 26.2 Å². The van der Waals surface area contributed by atoms with E-state index in [1.807, 2.05) is 6.08 Å². The van der Waals surface area contributed by atoms with Crippen LogP contribution in [-0.2, 0) is 18.4 Å². The van der Waals surface area contributed by atoms with Crippen molar-refractivity contribution in [2.24, 2.45) is 5.73 Å². The lowest BCUT2D eigenvalue weighted by atomic mass is 10.0. The Bertz CT molecular complexity index is 873. The lowest BCUT2D eigenvalue weighted by Crippen LogP contribution is -2.46. The number of phosphoric acid groups is 1. The average molecular weight is 745 g/mol. The van der Waals surface area contributed by atoms with E-state index in [9.17, 15) is 24.5 Å². The van der Waals surface area contributed by atoms with E-state index in [4.69, 9.17) is 14.8 Å². The summed E-state index contributed by atoms with van der Waals surface area (Å²) in [4.78, 5) is 22.7. The highest BCUT2D eigenvalue weighted by Crippen LogP contribution is 2.43. The van der Waals surface area contributed by atoms with Crippen LogP contribution in [-0.4, -0.2) is 59.0 Å². The number of phosphoric ester groups is 1. The van der Waals surface area contributed by atoms with Gasteiger partial charge in [0.2, 0.25) is 5.91 Å². The monoisotopic (exact) mass is 745 g/mol. The Hall–Kier alpha value is -1.06. The first-order chi connectivity index (χ1) is 24.8. The van der Waals surface area contributed by atoms with E-state index in [0.29, 0.717) is 12.8 Å². The number of carbonyl (C=O) groups excluding carboxylic acids is 1. The van der Waals surface area contributed by atoms with E-state index < -0.39 is 38.6 Å². The maximum atomic E-state index is 12.8. The molecule has 0 aromatic rings. The standard InChI is InChI=1S/C41H81N2O7P/c1-3-5-7-9-11-13-15-17-18-19-21-23-25-27-29-31-33-40(45)39(37-50-51(47,48)49-35-34-42)43-41(46)36-38(44)32-30-28-26-24-22-20-16-14-12-10-8-6-4-2/h23,25,31,33,38-40,44-45H,3-22,24,26-30,32,34-37,42H2,1-2H3,(H,43,46)(H,47,48)/b25-23+,33-31+. The van der Waals surface area contributed by atoms with Crippen molar-refractivity contribution in [1.82, 2.24) is 5.32 Å². The third-order valence-electron chi connectivity index (χ3n) is 9.33. The molecule has 0 spiro atoms. The van der Waals surface area contributed by atoms with Crippen LogP contribution in [0.2, 0.25) is 0 Å². The van der Waals surface area contributed by atoms with Crippen molar-refractivity contribution in [3.63, 3.8) is 0 Å². The highest BCUT2D eigenvalue weighted by atomic mass is 31.2. The number of hydrogen-bond donors (Lipinski definition) is 5.